The minimum atomic E-state index is -0.00832. The van der Waals surface area contributed by atoms with Crippen LogP contribution in [0.3, 0.4) is 0 Å². The van der Waals surface area contributed by atoms with Crippen molar-refractivity contribution >= 4 is 43.5 Å². The Kier molecular flexibility index (Phi) is 4.90. The molecular formula is C13H12Br2ClNO. The third-order valence-electron chi connectivity index (χ3n) is 2.59. The van der Waals surface area contributed by atoms with E-state index in [0.717, 1.165) is 26.8 Å². The van der Waals surface area contributed by atoms with Crippen LogP contribution in [0.15, 0.2) is 43.9 Å². The molecule has 0 bridgehead atoms. The van der Waals surface area contributed by atoms with Crippen molar-refractivity contribution in [1.29, 1.82) is 0 Å². The van der Waals surface area contributed by atoms with E-state index >= 15 is 0 Å². The smallest absolute Gasteiger partial charge is 0.139 e. The summed E-state index contributed by atoms with van der Waals surface area (Å²) in [7, 11) is 0. The summed E-state index contributed by atoms with van der Waals surface area (Å²) in [6.07, 6.45) is 1.67. The first-order chi connectivity index (χ1) is 8.63. The molecule has 1 N–H and O–H groups in total. The molecular weight excluding hydrogens is 381 g/mol. The van der Waals surface area contributed by atoms with Crippen LogP contribution in [0.25, 0.3) is 0 Å². The van der Waals surface area contributed by atoms with Crippen molar-refractivity contribution in [2.75, 3.05) is 6.54 Å². The van der Waals surface area contributed by atoms with Gasteiger partial charge in [-0.15, -0.1) is 0 Å². The topological polar surface area (TPSA) is 25.2 Å². The average Bonchev–Trinajstić information content (AvgIpc) is 2.73. The van der Waals surface area contributed by atoms with Crippen LogP contribution >= 0.6 is 43.5 Å². The van der Waals surface area contributed by atoms with Crippen molar-refractivity contribution < 1.29 is 4.42 Å². The van der Waals surface area contributed by atoms with Gasteiger partial charge in [0.15, 0.2) is 0 Å². The van der Waals surface area contributed by atoms with Crippen LogP contribution in [0.2, 0.25) is 5.02 Å². The molecule has 0 aliphatic carbocycles. The van der Waals surface area contributed by atoms with Crippen molar-refractivity contribution in [1.82, 2.24) is 5.32 Å². The SMILES string of the molecule is CCNC(c1ccc(Cl)cc1Br)c1occc1Br. The average molecular weight is 394 g/mol. The number of benzene rings is 1. The maximum atomic E-state index is 5.97. The van der Waals surface area contributed by atoms with Gasteiger partial charge in [-0.25, -0.2) is 0 Å². The molecule has 2 nitrogen and oxygen atoms in total. The fourth-order valence-corrected chi connectivity index (χ4v) is 3.14. The van der Waals surface area contributed by atoms with E-state index in [2.05, 4.69) is 44.1 Å². The zero-order valence-electron chi connectivity index (χ0n) is 9.71. The molecule has 1 unspecified atom stereocenters. The zero-order valence-corrected chi connectivity index (χ0v) is 13.6. The van der Waals surface area contributed by atoms with Gasteiger partial charge in [0, 0.05) is 9.50 Å². The molecule has 0 aliphatic rings. The predicted octanol–water partition coefficient (Wildman–Crippen LogP) is 5.16. The van der Waals surface area contributed by atoms with Gasteiger partial charge in [-0.3, -0.25) is 0 Å². The monoisotopic (exact) mass is 391 g/mol. The largest absolute Gasteiger partial charge is 0.466 e. The second kappa shape index (κ2) is 6.24. The summed E-state index contributed by atoms with van der Waals surface area (Å²) in [4.78, 5) is 0. The molecule has 1 aromatic carbocycles. The van der Waals surface area contributed by atoms with Gasteiger partial charge in [0.1, 0.15) is 5.76 Å². The van der Waals surface area contributed by atoms with Gasteiger partial charge in [0.2, 0.25) is 0 Å². The molecule has 18 heavy (non-hydrogen) atoms. The summed E-state index contributed by atoms with van der Waals surface area (Å²) < 4.78 is 7.47. The highest BCUT2D eigenvalue weighted by Crippen LogP contribution is 2.34. The molecule has 0 saturated carbocycles. The summed E-state index contributed by atoms with van der Waals surface area (Å²) in [5.41, 5.74) is 1.09. The number of rotatable bonds is 4. The highest BCUT2D eigenvalue weighted by atomic mass is 79.9. The van der Waals surface area contributed by atoms with E-state index in [9.17, 15) is 0 Å². The molecule has 1 atom stereocenters. The van der Waals surface area contributed by atoms with Crippen LogP contribution < -0.4 is 5.32 Å². The normalized spacial score (nSPS) is 12.7. The van der Waals surface area contributed by atoms with Gasteiger partial charge in [0.25, 0.3) is 0 Å². The summed E-state index contributed by atoms with van der Waals surface area (Å²) >= 11 is 13.0. The van der Waals surface area contributed by atoms with Crippen LogP contribution in [-0.2, 0) is 0 Å². The van der Waals surface area contributed by atoms with Gasteiger partial charge < -0.3 is 9.73 Å². The van der Waals surface area contributed by atoms with Crippen LogP contribution in [0.4, 0.5) is 0 Å². The zero-order chi connectivity index (χ0) is 13.1. The maximum Gasteiger partial charge on any atom is 0.139 e. The summed E-state index contributed by atoms with van der Waals surface area (Å²) in [5, 5.41) is 4.11. The second-order valence-electron chi connectivity index (χ2n) is 3.79. The van der Waals surface area contributed by atoms with Gasteiger partial charge in [0.05, 0.1) is 16.8 Å². The molecule has 96 valence electrons. The van der Waals surface area contributed by atoms with E-state index < -0.39 is 0 Å². The van der Waals surface area contributed by atoms with Crippen LogP contribution in [0.5, 0.6) is 0 Å². The lowest BCUT2D eigenvalue weighted by Gasteiger charge is -2.18. The fraction of sp³-hybridized carbons (Fsp3) is 0.231. The van der Waals surface area contributed by atoms with Crippen molar-refractivity contribution in [3.63, 3.8) is 0 Å². The minimum absolute atomic E-state index is 0.00832. The fourth-order valence-electron chi connectivity index (χ4n) is 1.80. The Morgan fingerprint density at radius 3 is 2.61 bits per heavy atom. The standard InChI is InChI=1S/C13H12Br2ClNO/c1-2-17-12(13-10(14)5-6-18-13)9-4-3-8(16)7-11(9)15/h3-7,12,17H,2H2,1H3. The first-order valence-electron chi connectivity index (χ1n) is 5.54. The number of nitrogens with one attached hydrogen (secondary N) is 1. The Morgan fingerprint density at radius 2 is 2.06 bits per heavy atom. The van der Waals surface area contributed by atoms with Gasteiger partial charge in [-0.1, -0.05) is 40.5 Å². The molecule has 5 heteroatoms. The molecule has 0 amide bonds. The lowest BCUT2D eigenvalue weighted by atomic mass is 10.0. The van der Waals surface area contributed by atoms with Gasteiger partial charge >= 0.3 is 0 Å². The van der Waals surface area contributed by atoms with Crippen molar-refractivity contribution in [2.45, 2.75) is 13.0 Å². The van der Waals surface area contributed by atoms with Crippen molar-refractivity contribution in [3.8, 4) is 0 Å². The van der Waals surface area contributed by atoms with Crippen LogP contribution in [0, 0.1) is 0 Å². The summed E-state index contributed by atoms with van der Waals surface area (Å²) in [6.45, 7) is 2.90. The Hall–Kier alpha value is -0.290. The number of hydrogen-bond donors (Lipinski definition) is 1. The molecule has 2 aromatic rings. The summed E-state index contributed by atoms with van der Waals surface area (Å²) in [6, 6.07) is 7.64. The van der Waals surface area contributed by atoms with Crippen LogP contribution in [0.1, 0.15) is 24.3 Å². The maximum absolute atomic E-state index is 5.97. The van der Waals surface area contributed by atoms with Crippen molar-refractivity contribution in [3.05, 3.63) is 55.8 Å². The molecule has 1 aromatic heterocycles. The van der Waals surface area contributed by atoms with Gasteiger partial charge in [-0.2, -0.15) is 0 Å². The summed E-state index contributed by atoms with van der Waals surface area (Å²) in [5.74, 6) is 0.861. The molecule has 0 spiro atoms. The highest BCUT2D eigenvalue weighted by Gasteiger charge is 2.21. The third kappa shape index (κ3) is 2.99. The first-order valence-corrected chi connectivity index (χ1v) is 7.51. The first kappa shape index (κ1) is 14.1. The van der Waals surface area contributed by atoms with E-state index in [0.29, 0.717) is 5.02 Å². The third-order valence-corrected chi connectivity index (χ3v) is 4.17. The van der Waals surface area contributed by atoms with E-state index in [1.54, 1.807) is 6.26 Å². The van der Waals surface area contributed by atoms with E-state index in [4.69, 9.17) is 16.0 Å². The van der Waals surface area contributed by atoms with E-state index in [1.165, 1.54) is 0 Å². The number of furan rings is 1. The lowest BCUT2D eigenvalue weighted by Crippen LogP contribution is -2.22. The molecule has 0 fully saturated rings. The van der Waals surface area contributed by atoms with Crippen LogP contribution in [-0.4, -0.2) is 6.54 Å². The second-order valence-corrected chi connectivity index (χ2v) is 5.93. The molecule has 0 aliphatic heterocycles. The lowest BCUT2D eigenvalue weighted by molar-refractivity contribution is 0.449. The van der Waals surface area contributed by atoms with Gasteiger partial charge in [-0.05, 0) is 46.2 Å². The molecule has 2 rings (SSSR count). The molecule has 0 saturated heterocycles. The molecule has 1 heterocycles. The molecule has 0 radical (unpaired) electrons. The predicted molar refractivity (Wildman–Crippen MR) is 81.1 cm³/mol. The van der Waals surface area contributed by atoms with Crippen molar-refractivity contribution in [2.24, 2.45) is 0 Å². The Balaban J connectivity index is 2.45. The quantitative estimate of drug-likeness (QED) is 0.776. The Bertz CT molecular complexity index is 542. The minimum Gasteiger partial charge on any atom is -0.466 e. The van der Waals surface area contributed by atoms with E-state index in [1.807, 2.05) is 24.3 Å². The Morgan fingerprint density at radius 1 is 1.28 bits per heavy atom. The Labute approximate surface area is 128 Å². The number of hydrogen-bond acceptors (Lipinski definition) is 2. The number of halogens is 3. The van der Waals surface area contributed by atoms with E-state index in [-0.39, 0.29) is 6.04 Å². The highest BCUT2D eigenvalue weighted by molar-refractivity contribution is 9.10.